The summed E-state index contributed by atoms with van der Waals surface area (Å²) in [6, 6.07) is 7.75. The van der Waals surface area contributed by atoms with Gasteiger partial charge >= 0.3 is 0 Å². The van der Waals surface area contributed by atoms with E-state index in [0.717, 1.165) is 29.9 Å². The van der Waals surface area contributed by atoms with Crippen molar-refractivity contribution in [3.8, 4) is 0 Å². The number of halogens is 2. The molecule has 0 saturated carbocycles. The second-order valence-electron chi connectivity index (χ2n) is 5.71. The maximum atomic E-state index is 12.9. The van der Waals surface area contributed by atoms with Gasteiger partial charge in [0.2, 0.25) is 11.6 Å². The van der Waals surface area contributed by atoms with Crippen LogP contribution in [0.15, 0.2) is 52.8 Å². The second kappa shape index (κ2) is 5.87. The number of hydrogen-bond acceptors (Lipinski definition) is 4. The fourth-order valence-electron chi connectivity index (χ4n) is 3.01. The predicted molar refractivity (Wildman–Crippen MR) is 105 cm³/mol. The molecule has 24 heavy (non-hydrogen) atoms. The average molecular weight is 482 g/mol. The molecule has 0 aliphatic carbocycles. The van der Waals surface area contributed by atoms with Crippen LogP contribution in [0.2, 0.25) is 0 Å². The number of ketones is 2. The molecule has 2 aliphatic rings. The number of allylic oxidation sites excluding steroid dienone is 2. The minimum Gasteiger partial charge on any atom is -0.288 e. The Hall–Kier alpha value is -0.820. The fourth-order valence-corrected chi connectivity index (χ4v) is 6.99. The van der Waals surface area contributed by atoms with E-state index in [1.165, 1.54) is 23.5 Å². The number of rotatable bonds is 0. The van der Waals surface area contributed by atoms with E-state index in [-0.39, 0.29) is 11.6 Å². The van der Waals surface area contributed by atoms with Gasteiger partial charge in [0.25, 0.3) is 0 Å². The first-order chi connectivity index (χ1) is 11.4. The minimum absolute atomic E-state index is 0.0413. The van der Waals surface area contributed by atoms with Crippen molar-refractivity contribution in [1.82, 2.24) is 0 Å². The fraction of sp³-hybridized carbons (Fsp3) is 0.111. The van der Waals surface area contributed by atoms with Gasteiger partial charge in [0.15, 0.2) is 0 Å². The number of carbonyl (C=O) groups excluding carboxylic acids is 2. The molecule has 2 heterocycles. The predicted octanol–water partition coefficient (Wildman–Crippen LogP) is 6.32. The van der Waals surface area contributed by atoms with Crippen LogP contribution >= 0.6 is 55.4 Å². The van der Waals surface area contributed by atoms with Crippen LogP contribution in [-0.4, -0.2) is 11.6 Å². The standard InChI is InChI=1S/C18H10Br2O2S2/c1-7-3-9(19)5-11-13(7)15(21)17(23-11)18-16(22)14-8(2)4-10(20)6-12(14)24-18/h3-6H,1-2H3/b18-17+. The highest BCUT2D eigenvalue weighted by Crippen LogP contribution is 2.51. The van der Waals surface area contributed by atoms with Crippen LogP contribution in [0.25, 0.3) is 0 Å². The van der Waals surface area contributed by atoms with Gasteiger partial charge < -0.3 is 0 Å². The van der Waals surface area contributed by atoms with Gasteiger partial charge in [-0.3, -0.25) is 9.59 Å². The molecular formula is C18H10Br2O2S2. The van der Waals surface area contributed by atoms with E-state index in [1.807, 2.05) is 38.1 Å². The highest BCUT2D eigenvalue weighted by Gasteiger charge is 2.37. The Kier molecular flexibility index (Phi) is 4.07. The molecule has 120 valence electrons. The van der Waals surface area contributed by atoms with Gasteiger partial charge in [-0.25, -0.2) is 0 Å². The molecule has 0 amide bonds. The zero-order valence-electron chi connectivity index (χ0n) is 12.7. The van der Waals surface area contributed by atoms with Crippen LogP contribution in [0, 0.1) is 13.8 Å². The Morgan fingerprint density at radius 3 is 1.46 bits per heavy atom. The third kappa shape index (κ3) is 2.46. The lowest BCUT2D eigenvalue weighted by atomic mass is 10.0. The SMILES string of the molecule is Cc1cc(Br)cc2c1C(=O)/C(=C1\Sc3cc(Br)cc(C)c3C1=O)S2. The summed E-state index contributed by atoms with van der Waals surface area (Å²) in [6.45, 7) is 3.85. The highest BCUT2D eigenvalue weighted by atomic mass is 79.9. The van der Waals surface area contributed by atoms with Crippen molar-refractivity contribution in [3.63, 3.8) is 0 Å². The summed E-state index contributed by atoms with van der Waals surface area (Å²) in [7, 11) is 0. The zero-order valence-corrected chi connectivity index (χ0v) is 17.5. The Labute approximate surface area is 164 Å². The molecule has 0 spiro atoms. The van der Waals surface area contributed by atoms with Gasteiger partial charge in [0.05, 0.1) is 9.81 Å². The summed E-state index contributed by atoms with van der Waals surface area (Å²) in [4.78, 5) is 28.7. The Morgan fingerprint density at radius 1 is 0.708 bits per heavy atom. The number of carbonyl (C=O) groups is 2. The summed E-state index contributed by atoms with van der Waals surface area (Å²) in [5.41, 5.74) is 3.29. The van der Waals surface area contributed by atoms with Crippen LogP contribution in [0.5, 0.6) is 0 Å². The van der Waals surface area contributed by atoms with Gasteiger partial charge in [-0.2, -0.15) is 0 Å². The van der Waals surface area contributed by atoms with Crippen molar-refractivity contribution < 1.29 is 9.59 Å². The van der Waals surface area contributed by atoms with E-state index < -0.39 is 0 Å². The molecule has 2 aromatic carbocycles. The quantitative estimate of drug-likeness (QED) is 0.412. The molecular weight excluding hydrogens is 472 g/mol. The van der Waals surface area contributed by atoms with E-state index in [4.69, 9.17) is 0 Å². The van der Waals surface area contributed by atoms with E-state index >= 15 is 0 Å². The molecule has 0 saturated heterocycles. The number of fused-ring (bicyclic) bond motifs is 2. The summed E-state index contributed by atoms with van der Waals surface area (Å²) >= 11 is 9.75. The monoisotopic (exact) mass is 480 g/mol. The Morgan fingerprint density at radius 2 is 1.08 bits per heavy atom. The molecule has 0 atom stereocenters. The number of aryl methyl sites for hydroxylation is 2. The molecule has 0 aromatic heterocycles. The first-order valence-electron chi connectivity index (χ1n) is 7.16. The highest BCUT2D eigenvalue weighted by molar-refractivity contribution is 9.10. The number of benzene rings is 2. The van der Waals surface area contributed by atoms with Crippen LogP contribution in [0.1, 0.15) is 31.8 Å². The van der Waals surface area contributed by atoms with Crippen LogP contribution in [-0.2, 0) is 0 Å². The molecule has 0 bridgehead atoms. The van der Waals surface area contributed by atoms with E-state index in [2.05, 4.69) is 31.9 Å². The van der Waals surface area contributed by atoms with Crippen molar-refractivity contribution in [2.45, 2.75) is 23.6 Å². The van der Waals surface area contributed by atoms with Crippen LogP contribution in [0.4, 0.5) is 0 Å². The normalized spacial score (nSPS) is 19.0. The molecule has 0 unspecified atom stereocenters. The molecule has 0 fully saturated rings. The van der Waals surface area contributed by atoms with E-state index in [1.54, 1.807) is 0 Å². The molecule has 4 rings (SSSR count). The van der Waals surface area contributed by atoms with Crippen molar-refractivity contribution >= 4 is 67.0 Å². The molecule has 2 aliphatic heterocycles. The average Bonchev–Trinajstić information content (AvgIpc) is 2.96. The number of thioether (sulfide) groups is 2. The van der Waals surface area contributed by atoms with E-state index in [9.17, 15) is 9.59 Å². The molecule has 2 nitrogen and oxygen atoms in total. The molecule has 0 N–H and O–H groups in total. The largest absolute Gasteiger partial charge is 0.288 e. The first-order valence-corrected chi connectivity index (χ1v) is 10.4. The van der Waals surface area contributed by atoms with E-state index in [0.29, 0.717) is 20.9 Å². The van der Waals surface area contributed by atoms with Gasteiger partial charge in [0, 0.05) is 29.9 Å². The van der Waals surface area contributed by atoms with Gasteiger partial charge in [-0.1, -0.05) is 55.4 Å². The molecule has 0 radical (unpaired) electrons. The minimum atomic E-state index is -0.0413. The third-order valence-electron chi connectivity index (χ3n) is 4.03. The zero-order chi connectivity index (χ0) is 17.2. The Balaban J connectivity index is 1.86. The smallest absolute Gasteiger partial charge is 0.202 e. The topological polar surface area (TPSA) is 34.1 Å². The van der Waals surface area contributed by atoms with Gasteiger partial charge in [-0.15, -0.1) is 0 Å². The van der Waals surface area contributed by atoms with Crippen LogP contribution in [0.3, 0.4) is 0 Å². The number of Topliss-reactive ketones (excluding diaryl/α,β-unsaturated/α-hetero) is 2. The maximum absolute atomic E-state index is 12.9. The lowest BCUT2D eigenvalue weighted by Gasteiger charge is -2.01. The maximum Gasteiger partial charge on any atom is 0.202 e. The summed E-state index contributed by atoms with van der Waals surface area (Å²) in [5, 5.41) is 0. The summed E-state index contributed by atoms with van der Waals surface area (Å²) < 4.78 is 1.89. The first kappa shape index (κ1) is 16.6. The Bertz CT molecular complexity index is 913. The lowest BCUT2D eigenvalue weighted by Crippen LogP contribution is -2.04. The summed E-state index contributed by atoms with van der Waals surface area (Å²) in [5.74, 6) is -0.0826. The van der Waals surface area contributed by atoms with Crippen molar-refractivity contribution in [2.75, 3.05) is 0 Å². The van der Waals surface area contributed by atoms with Crippen molar-refractivity contribution in [3.05, 3.63) is 65.3 Å². The van der Waals surface area contributed by atoms with Crippen LogP contribution < -0.4 is 0 Å². The van der Waals surface area contributed by atoms with Gasteiger partial charge in [-0.05, 0) is 49.2 Å². The number of hydrogen-bond donors (Lipinski definition) is 0. The van der Waals surface area contributed by atoms with Gasteiger partial charge in [0.1, 0.15) is 0 Å². The van der Waals surface area contributed by atoms with Crippen molar-refractivity contribution in [1.29, 1.82) is 0 Å². The molecule has 2 aromatic rings. The second-order valence-corrected chi connectivity index (χ2v) is 9.65. The summed E-state index contributed by atoms with van der Waals surface area (Å²) in [6.07, 6.45) is 0. The lowest BCUT2D eigenvalue weighted by molar-refractivity contribution is 0.101. The van der Waals surface area contributed by atoms with Crippen molar-refractivity contribution in [2.24, 2.45) is 0 Å². The third-order valence-corrected chi connectivity index (χ3v) is 7.34. The molecule has 6 heteroatoms.